The van der Waals surface area contributed by atoms with Crippen molar-refractivity contribution in [3.05, 3.63) is 72.4 Å². The third-order valence-corrected chi connectivity index (χ3v) is 5.28. The monoisotopic (exact) mass is 403 g/mol. The van der Waals surface area contributed by atoms with Gasteiger partial charge in [-0.15, -0.1) is 0 Å². The van der Waals surface area contributed by atoms with Gasteiger partial charge in [0.15, 0.2) is 0 Å². The second kappa shape index (κ2) is 10.2. The van der Waals surface area contributed by atoms with Gasteiger partial charge in [-0.25, -0.2) is 9.97 Å². The molecule has 0 amide bonds. The fourth-order valence-electron chi connectivity index (χ4n) is 3.66. The SMILES string of the molecule is CNCC[C@H](Oc1cccc(-c2ccnc(N3CCNCC3)n2)c1)c1ccccc1. The van der Waals surface area contributed by atoms with Gasteiger partial charge in [0.05, 0.1) is 5.69 Å². The molecule has 0 spiro atoms. The van der Waals surface area contributed by atoms with Gasteiger partial charge in [0.25, 0.3) is 0 Å². The molecule has 6 heteroatoms. The van der Waals surface area contributed by atoms with Crippen LogP contribution < -0.4 is 20.3 Å². The van der Waals surface area contributed by atoms with Gasteiger partial charge in [0, 0.05) is 44.4 Å². The van der Waals surface area contributed by atoms with Gasteiger partial charge in [0.1, 0.15) is 11.9 Å². The van der Waals surface area contributed by atoms with E-state index in [-0.39, 0.29) is 6.10 Å². The molecule has 2 N–H and O–H groups in total. The molecule has 6 nitrogen and oxygen atoms in total. The number of rotatable bonds is 8. The van der Waals surface area contributed by atoms with Gasteiger partial charge in [-0.1, -0.05) is 42.5 Å². The molecule has 0 saturated carbocycles. The molecule has 2 heterocycles. The Morgan fingerprint density at radius 3 is 2.70 bits per heavy atom. The minimum absolute atomic E-state index is 0.00397. The lowest BCUT2D eigenvalue weighted by Gasteiger charge is -2.27. The van der Waals surface area contributed by atoms with Gasteiger partial charge >= 0.3 is 0 Å². The maximum atomic E-state index is 6.41. The summed E-state index contributed by atoms with van der Waals surface area (Å²) in [5, 5.41) is 6.59. The average Bonchev–Trinajstić information content (AvgIpc) is 2.83. The number of nitrogens with zero attached hydrogens (tertiary/aromatic N) is 3. The molecule has 4 rings (SSSR count). The first-order chi connectivity index (χ1) is 14.8. The van der Waals surface area contributed by atoms with E-state index in [2.05, 4.69) is 56.9 Å². The summed E-state index contributed by atoms with van der Waals surface area (Å²) in [5.41, 5.74) is 3.13. The second-order valence-corrected chi connectivity index (χ2v) is 7.42. The number of anilines is 1. The number of aromatic nitrogens is 2. The first kappa shape index (κ1) is 20.3. The van der Waals surface area contributed by atoms with Gasteiger partial charge < -0.3 is 20.3 Å². The van der Waals surface area contributed by atoms with Crippen LogP contribution in [-0.2, 0) is 0 Å². The molecule has 0 radical (unpaired) electrons. The predicted octanol–water partition coefficient (Wildman–Crippen LogP) is 3.28. The highest BCUT2D eigenvalue weighted by molar-refractivity contribution is 5.62. The Labute approximate surface area is 178 Å². The Morgan fingerprint density at radius 2 is 1.90 bits per heavy atom. The first-order valence-electron chi connectivity index (χ1n) is 10.6. The molecule has 2 aromatic carbocycles. The number of hydrogen-bond acceptors (Lipinski definition) is 6. The predicted molar refractivity (Wildman–Crippen MR) is 121 cm³/mol. The van der Waals surface area contributed by atoms with Crippen molar-refractivity contribution >= 4 is 5.95 Å². The van der Waals surface area contributed by atoms with E-state index in [0.717, 1.165) is 62.1 Å². The summed E-state index contributed by atoms with van der Waals surface area (Å²) in [5.74, 6) is 1.64. The maximum Gasteiger partial charge on any atom is 0.225 e. The van der Waals surface area contributed by atoms with Crippen LogP contribution in [0.3, 0.4) is 0 Å². The number of benzene rings is 2. The molecule has 3 aromatic rings. The Hall–Kier alpha value is -2.96. The fraction of sp³-hybridized carbons (Fsp3) is 0.333. The molecule has 1 saturated heterocycles. The number of ether oxygens (including phenoxy) is 1. The van der Waals surface area contributed by atoms with E-state index in [1.807, 2.05) is 37.5 Å². The minimum Gasteiger partial charge on any atom is -0.486 e. The zero-order valence-electron chi connectivity index (χ0n) is 17.4. The van der Waals surface area contributed by atoms with Crippen LogP contribution in [-0.4, -0.2) is 49.7 Å². The largest absolute Gasteiger partial charge is 0.486 e. The second-order valence-electron chi connectivity index (χ2n) is 7.42. The van der Waals surface area contributed by atoms with Crippen LogP contribution in [0.1, 0.15) is 18.1 Å². The summed E-state index contributed by atoms with van der Waals surface area (Å²) in [4.78, 5) is 11.5. The highest BCUT2D eigenvalue weighted by Gasteiger charge is 2.15. The van der Waals surface area contributed by atoms with Crippen molar-refractivity contribution in [1.29, 1.82) is 0 Å². The van der Waals surface area contributed by atoms with E-state index < -0.39 is 0 Å². The third-order valence-electron chi connectivity index (χ3n) is 5.28. The molecule has 1 aliphatic rings. The van der Waals surface area contributed by atoms with Crippen molar-refractivity contribution in [3.8, 4) is 17.0 Å². The van der Waals surface area contributed by atoms with Crippen molar-refractivity contribution in [2.45, 2.75) is 12.5 Å². The van der Waals surface area contributed by atoms with Crippen LogP contribution in [0.2, 0.25) is 0 Å². The van der Waals surface area contributed by atoms with Crippen molar-refractivity contribution in [1.82, 2.24) is 20.6 Å². The molecule has 0 unspecified atom stereocenters. The minimum atomic E-state index is -0.00397. The van der Waals surface area contributed by atoms with E-state index in [1.165, 1.54) is 5.56 Å². The summed E-state index contributed by atoms with van der Waals surface area (Å²) in [6.07, 6.45) is 2.73. The molecule has 156 valence electrons. The maximum absolute atomic E-state index is 6.41. The summed E-state index contributed by atoms with van der Waals surface area (Å²) < 4.78 is 6.41. The fourth-order valence-corrected chi connectivity index (χ4v) is 3.66. The lowest BCUT2D eigenvalue weighted by atomic mass is 10.1. The highest BCUT2D eigenvalue weighted by Crippen LogP contribution is 2.28. The standard InChI is InChI=1S/C24H29N5O/c1-25-12-11-23(19-6-3-2-4-7-19)30-21-9-5-8-20(18-21)22-10-13-27-24(28-22)29-16-14-26-15-17-29/h2-10,13,18,23,25-26H,11-12,14-17H2,1H3/t23-/m0/s1. The number of hydrogen-bond donors (Lipinski definition) is 2. The molecular weight excluding hydrogens is 374 g/mol. The van der Waals surface area contributed by atoms with Crippen LogP contribution >= 0.6 is 0 Å². The van der Waals surface area contributed by atoms with Gasteiger partial charge in [-0.3, -0.25) is 0 Å². The quantitative estimate of drug-likeness (QED) is 0.602. The van der Waals surface area contributed by atoms with Crippen LogP contribution in [0.5, 0.6) is 5.75 Å². The van der Waals surface area contributed by atoms with Crippen molar-refractivity contribution in [2.75, 3.05) is 44.7 Å². The van der Waals surface area contributed by atoms with Crippen LogP contribution in [0.25, 0.3) is 11.3 Å². The molecule has 30 heavy (non-hydrogen) atoms. The molecule has 1 aliphatic heterocycles. The Kier molecular flexibility index (Phi) is 6.90. The lowest BCUT2D eigenvalue weighted by Crippen LogP contribution is -2.44. The third kappa shape index (κ3) is 5.14. The number of nitrogens with one attached hydrogen (secondary N) is 2. The molecule has 1 aromatic heterocycles. The molecule has 1 fully saturated rings. The molecular formula is C24H29N5O. The van der Waals surface area contributed by atoms with Crippen LogP contribution in [0.4, 0.5) is 5.95 Å². The van der Waals surface area contributed by atoms with Gasteiger partial charge in [0.2, 0.25) is 5.95 Å². The van der Waals surface area contributed by atoms with Gasteiger partial charge in [-0.05, 0) is 37.4 Å². The van der Waals surface area contributed by atoms with Crippen molar-refractivity contribution in [3.63, 3.8) is 0 Å². The average molecular weight is 404 g/mol. The van der Waals surface area contributed by atoms with Crippen molar-refractivity contribution in [2.24, 2.45) is 0 Å². The van der Waals surface area contributed by atoms with Crippen LogP contribution in [0.15, 0.2) is 66.9 Å². The molecule has 0 aliphatic carbocycles. The smallest absolute Gasteiger partial charge is 0.225 e. The summed E-state index contributed by atoms with van der Waals surface area (Å²) in [6.45, 7) is 4.67. The van der Waals surface area contributed by atoms with Gasteiger partial charge in [-0.2, -0.15) is 0 Å². The summed E-state index contributed by atoms with van der Waals surface area (Å²) >= 11 is 0. The van der Waals surface area contributed by atoms with E-state index in [9.17, 15) is 0 Å². The topological polar surface area (TPSA) is 62.3 Å². The zero-order chi connectivity index (χ0) is 20.6. The van der Waals surface area contributed by atoms with E-state index in [4.69, 9.17) is 9.72 Å². The highest BCUT2D eigenvalue weighted by atomic mass is 16.5. The van der Waals surface area contributed by atoms with E-state index in [1.54, 1.807) is 0 Å². The van der Waals surface area contributed by atoms with Crippen LogP contribution in [0, 0.1) is 0 Å². The zero-order valence-corrected chi connectivity index (χ0v) is 17.4. The Balaban J connectivity index is 1.54. The summed E-state index contributed by atoms with van der Waals surface area (Å²) in [6, 6.07) is 20.5. The Morgan fingerprint density at radius 1 is 1.07 bits per heavy atom. The lowest BCUT2D eigenvalue weighted by molar-refractivity contribution is 0.195. The van der Waals surface area contributed by atoms with E-state index in [0.29, 0.717) is 0 Å². The number of piperazine rings is 1. The first-order valence-corrected chi connectivity index (χ1v) is 10.6. The Bertz CT molecular complexity index is 928. The normalized spacial score (nSPS) is 15.0. The van der Waals surface area contributed by atoms with Crippen molar-refractivity contribution < 1.29 is 4.74 Å². The molecule has 0 bridgehead atoms. The molecule has 1 atom stereocenters. The van der Waals surface area contributed by atoms with E-state index >= 15 is 0 Å². The summed E-state index contributed by atoms with van der Waals surface area (Å²) in [7, 11) is 1.97.